The molecule has 1 aromatic rings. The minimum absolute atomic E-state index is 0.0296. The number of aliphatic hydroxyl groups excluding tert-OH is 1. The Hall–Kier alpha value is -1.89. The number of ketones is 2. The summed E-state index contributed by atoms with van der Waals surface area (Å²) < 4.78 is 34.5. The van der Waals surface area contributed by atoms with E-state index in [1.165, 1.54) is 6.08 Å². The molecule has 0 spiro atoms. The molecule has 0 bridgehead atoms. The van der Waals surface area contributed by atoms with Crippen LogP contribution >= 0.6 is 23.2 Å². The fraction of sp³-hybridized carbons (Fsp3) is 0.593. The largest absolute Gasteiger partial charge is 0.457 e. The molecule has 3 fully saturated rings. The number of esters is 1. The van der Waals surface area contributed by atoms with Crippen LogP contribution in [0.25, 0.3) is 0 Å². The number of carbonyl (C=O) groups is 3. The van der Waals surface area contributed by atoms with Crippen molar-refractivity contribution < 1.29 is 32.8 Å². The molecule has 0 amide bonds. The first kappa shape index (κ1) is 21.2. The third-order valence-electron chi connectivity index (χ3n) is 9.54. The van der Waals surface area contributed by atoms with E-state index in [2.05, 4.69) is 0 Å². The maximum Gasteiger partial charge on any atom is 0.375 e. The monoisotopic (exact) mass is 523 g/mol. The van der Waals surface area contributed by atoms with Gasteiger partial charge in [0.15, 0.2) is 17.2 Å². The van der Waals surface area contributed by atoms with Crippen molar-refractivity contribution in [1.29, 1.82) is 0 Å². The Labute approximate surface area is 218 Å². The van der Waals surface area contributed by atoms with Gasteiger partial charge in [-0.25, -0.2) is 4.79 Å². The minimum atomic E-state index is -1.76. The first-order valence-corrected chi connectivity index (χ1v) is 12.8. The Morgan fingerprint density at radius 3 is 2.74 bits per heavy atom. The molecular formula is C27H30Cl2O6. The molecule has 0 aliphatic heterocycles. The summed E-state index contributed by atoms with van der Waals surface area (Å²) in [5.41, 5.74) is -2.73. The molecule has 4 aliphatic carbocycles. The quantitative estimate of drug-likeness (QED) is 0.446. The van der Waals surface area contributed by atoms with E-state index in [1.54, 1.807) is 19.1 Å². The molecule has 1 aromatic heterocycles. The lowest BCUT2D eigenvalue weighted by Crippen LogP contribution is -2.69. The molecule has 4 aliphatic rings. The topological polar surface area (TPSA) is 93.8 Å². The van der Waals surface area contributed by atoms with Gasteiger partial charge in [0.25, 0.3) is 0 Å². The van der Waals surface area contributed by atoms with Crippen LogP contribution in [0, 0.1) is 28.6 Å². The molecule has 1 heterocycles. The third-order valence-corrected chi connectivity index (χ3v) is 10.7. The maximum absolute atomic E-state index is 13.7. The summed E-state index contributed by atoms with van der Waals surface area (Å²) >= 11 is 13.6. The molecule has 0 radical (unpaired) electrons. The molecule has 5 rings (SSSR count). The second kappa shape index (κ2) is 8.06. The van der Waals surface area contributed by atoms with Gasteiger partial charge in [0.05, 0.1) is 25.8 Å². The first-order chi connectivity index (χ1) is 17.7. The highest BCUT2D eigenvalue weighted by Crippen LogP contribution is 2.72. The molecule has 3 saturated carbocycles. The molecule has 35 heavy (non-hydrogen) atoms. The number of hydrogen-bond donors (Lipinski definition) is 1. The summed E-state index contributed by atoms with van der Waals surface area (Å²) in [5, 5.41) is 11.8. The Balaban J connectivity index is 1.61. The summed E-state index contributed by atoms with van der Waals surface area (Å²) in [7, 11) is 0. The summed E-state index contributed by atoms with van der Waals surface area (Å²) in [4.78, 5) is 38.0. The van der Waals surface area contributed by atoms with Crippen molar-refractivity contribution in [2.24, 2.45) is 28.6 Å². The molecule has 188 valence electrons. The van der Waals surface area contributed by atoms with Crippen LogP contribution in [-0.4, -0.2) is 45.1 Å². The Kier molecular flexibility index (Phi) is 4.88. The van der Waals surface area contributed by atoms with Crippen LogP contribution in [0.5, 0.6) is 0 Å². The van der Waals surface area contributed by atoms with Gasteiger partial charge in [0.1, 0.15) is 1.37 Å². The van der Waals surface area contributed by atoms with E-state index in [0.29, 0.717) is 19.3 Å². The fourth-order valence-corrected chi connectivity index (χ4v) is 8.69. The first-order valence-electron chi connectivity index (χ1n) is 13.4. The number of fused-ring (bicyclic) bond motifs is 5. The standard InChI is InChI=1S/C27H30Cl2O6/c1-15-11-19-18-7-6-16-12-17(30)8-9-24(16,2)26(18,29)21(31)13-25(19,3)27(15,22(32)14-28)35-23(33)20-5-4-10-34-20/h4-5,8-10,12,15,18-19,21,31H,6-7,11,13-14H2,1-3H3/t15-,18+,19+,21+,24+,25+,26+,27+/m1/s1/i4D,5D,10D. The second-order valence-electron chi connectivity index (χ2n) is 10.9. The molecule has 0 unspecified atom stereocenters. The lowest BCUT2D eigenvalue weighted by Gasteiger charge is -2.64. The lowest BCUT2D eigenvalue weighted by molar-refractivity contribution is -0.177. The summed E-state index contributed by atoms with van der Waals surface area (Å²) in [5.74, 6) is -3.86. The number of aliphatic hydroxyl groups is 1. The highest BCUT2D eigenvalue weighted by atomic mass is 35.5. The van der Waals surface area contributed by atoms with Gasteiger partial charge >= 0.3 is 5.97 Å². The number of hydrogen-bond acceptors (Lipinski definition) is 6. The Morgan fingerprint density at radius 1 is 1.34 bits per heavy atom. The van der Waals surface area contributed by atoms with E-state index in [-0.39, 0.29) is 24.0 Å². The number of rotatable bonds is 4. The number of allylic oxidation sites excluding steroid dienone is 4. The third kappa shape index (κ3) is 3.02. The van der Waals surface area contributed by atoms with Crippen LogP contribution in [0.2, 0.25) is 0 Å². The molecular weight excluding hydrogens is 491 g/mol. The van der Waals surface area contributed by atoms with Gasteiger partial charge in [-0.05, 0) is 61.8 Å². The normalized spacial score (nSPS) is 45.4. The van der Waals surface area contributed by atoms with Gasteiger partial charge in [-0.1, -0.05) is 32.4 Å². The van der Waals surface area contributed by atoms with Crippen molar-refractivity contribution >= 4 is 40.7 Å². The zero-order chi connectivity index (χ0) is 28.0. The van der Waals surface area contributed by atoms with E-state index >= 15 is 0 Å². The van der Waals surface area contributed by atoms with E-state index in [4.69, 9.17) is 36.5 Å². The predicted molar refractivity (Wildman–Crippen MR) is 130 cm³/mol. The van der Waals surface area contributed by atoms with Crippen LogP contribution in [0.1, 0.15) is 61.1 Å². The van der Waals surface area contributed by atoms with Crippen molar-refractivity contribution in [1.82, 2.24) is 0 Å². The average Bonchev–Trinajstić information content (AvgIpc) is 3.25. The number of ether oxygens (including phenoxy) is 1. The van der Waals surface area contributed by atoms with E-state index < -0.39 is 75.0 Å². The molecule has 0 saturated heterocycles. The van der Waals surface area contributed by atoms with Crippen LogP contribution < -0.4 is 0 Å². The Bertz CT molecular complexity index is 1310. The number of Topliss-reactive ketones (excluding diaryl/α,β-unsaturated/α-hetero) is 1. The highest BCUT2D eigenvalue weighted by molar-refractivity contribution is 6.29. The van der Waals surface area contributed by atoms with E-state index in [9.17, 15) is 19.5 Å². The van der Waals surface area contributed by atoms with Gasteiger partial charge in [0, 0.05) is 16.7 Å². The molecule has 8 atom stereocenters. The maximum atomic E-state index is 13.7. The van der Waals surface area contributed by atoms with Crippen LogP contribution in [0.4, 0.5) is 0 Å². The van der Waals surface area contributed by atoms with Crippen LogP contribution in [0.3, 0.4) is 0 Å². The van der Waals surface area contributed by atoms with Crippen LogP contribution in [-0.2, 0) is 14.3 Å². The zero-order valence-electron chi connectivity index (χ0n) is 22.8. The van der Waals surface area contributed by atoms with E-state index in [0.717, 1.165) is 5.57 Å². The van der Waals surface area contributed by atoms with Crippen LogP contribution in [0.15, 0.2) is 46.5 Å². The van der Waals surface area contributed by atoms with Gasteiger partial charge in [-0.3, -0.25) is 9.59 Å². The van der Waals surface area contributed by atoms with Gasteiger partial charge in [0.2, 0.25) is 5.76 Å². The second-order valence-corrected chi connectivity index (χ2v) is 11.8. The highest BCUT2D eigenvalue weighted by Gasteiger charge is 2.76. The predicted octanol–water partition coefficient (Wildman–Crippen LogP) is 4.87. The molecule has 0 aromatic carbocycles. The number of halogens is 2. The number of furan rings is 1. The van der Waals surface area contributed by atoms with Gasteiger partial charge in [-0.2, -0.15) is 0 Å². The minimum Gasteiger partial charge on any atom is -0.457 e. The number of alkyl halides is 2. The lowest BCUT2D eigenvalue weighted by atomic mass is 9.45. The average molecular weight is 524 g/mol. The van der Waals surface area contributed by atoms with Crippen molar-refractivity contribution in [3.05, 3.63) is 47.9 Å². The SMILES string of the molecule is [2H]c1oc(C(=O)O[C@]2(C(=O)CCl)[C@H](C)C[C@H]3[C@@H]4CCC5=CC(=O)C=C[C@]5(C)[C@@]4(Cl)[C@@H](O)C[C@@]32C)c([2H])c1[2H]. The number of carbonyl (C=O) groups excluding carboxylic acids is 3. The molecule has 8 heteroatoms. The fourth-order valence-electron chi connectivity index (χ4n) is 7.97. The molecule has 6 nitrogen and oxygen atoms in total. The Morgan fingerprint density at radius 2 is 2.09 bits per heavy atom. The van der Waals surface area contributed by atoms with Crippen molar-refractivity contribution in [3.63, 3.8) is 0 Å². The van der Waals surface area contributed by atoms with Crippen molar-refractivity contribution in [3.8, 4) is 0 Å². The van der Waals surface area contributed by atoms with E-state index in [1.807, 2.05) is 13.8 Å². The van der Waals surface area contributed by atoms with Crippen molar-refractivity contribution in [2.75, 3.05) is 5.88 Å². The summed E-state index contributed by atoms with van der Waals surface area (Å²) in [6, 6.07) is -1.15. The summed E-state index contributed by atoms with van der Waals surface area (Å²) in [6.07, 6.45) is 4.78. The van der Waals surface area contributed by atoms with Gasteiger partial charge < -0.3 is 14.3 Å². The zero-order valence-corrected chi connectivity index (χ0v) is 21.3. The summed E-state index contributed by atoms with van der Waals surface area (Å²) in [6.45, 7) is 5.56. The van der Waals surface area contributed by atoms with Gasteiger partial charge in [-0.15, -0.1) is 23.2 Å². The molecule has 1 N–H and O–H groups in total. The van der Waals surface area contributed by atoms with Crippen molar-refractivity contribution in [2.45, 2.75) is 63.0 Å². The smallest absolute Gasteiger partial charge is 0.375 e.